The molecule has 5 aromatic rings. The predicted molar refractivity (Wildman–Crippen MR) is 145 cm³/mol. The van der Waals surface area contributed by atoms with Gasteiger partial charge in [-0.05, 0) is 48.6 Å². The number of fused-ring (bicyclic) bond motifs is 1. The lowest BCUT2D eigenvalue weighted by molar-refractivity contribution is 0.253. The SMILES string of the molecule is N=C(c1ccccc1)n1c(=N)ccc2nc(-c3ccc(C4(N)CCC4)cc3)c(-c3ccccc3)cc21. The fraction of sp³-hybridized carbons (Fsp3) is 0.129. The lowest BCUT2D eigenvalue weighted by Crippen LogP contribution is -2.43. The summed E-state index contributed by atoms with van der Waals surface area (Å²) in [6.07, 6.45) is 3.23. The molecule has 0 aliphatic heterocycles. The normalized spacial score (nSPS) is 14.4. The number of hydrogen-bond acceptors (Lipinski definition) is 4. The van der Waals surface area contributed by atoms with E-state index in [1.165, 1.54) is 12.0 Å². The number of benzene rings is 3. The molecule has 0 radical (unpaired) electrons. The fourth-order valence-electron chi connectivity index (χ4n) is 5.01. The number of pyridine rings is 2. The van der Waals surface area contributed by atoms with Crippen LogP contribution in [0.25, 0.3) is 33.4 Å². The van der Waals surface area contributed by atoms with E-state index in [-0.39, 0.29) is 16.9 Å². The van der Waals surface area contributed by atoms with E-state index in [9.17, 15) is 0 Å². The van der Waals surface area contributed by atoms with Crippen LogP contribution < -0.4 is 11.2 Å². The first kappa shape index (κ1) is 22.1. The van der Waals surface area contributed by atoms with Gasteiger partial charge in [0.05, 0.1) is 16.7 Å². The highest BCUT2D eigenvalue weighted by molar-refractivity contribution is 6.03. The largest absolute Gasteiger partial charge is 0.321 e. The first-order chi connectivity index (χ1) is 17.5. The topological polar surface area (TPSA) is 91.5 Å². The molecular weight excluding hydrogens is 442 g/mol. The monoisotopic (exact) mass is 469 g/mol. The van der Waals surface area contributed by atoms with Gasteiger partial charge in [0.1, 0.15) is 11.3 Å². The highest BCUT2D eigenvalue weighted by atomic mass is 15.0. The van der Waals surface area contributed by atoms with E-state index in [1.807, 2.05) is 54.6 Å². The molecule has 0 bridgehead atoms. The summed E-state index contributed by atoms with van der Waals surface area (Å²) in [5.41, 5.74) is 13.9. The summed E-state index contributed by atoms with van der Waals surface area (Å²) < 4.78 is 1.66. The van der Waals surface area contributed by atoms with Crippen molar-refractivity contribution in [1.29, 1.82) is 10.8 Å². The van der Waals surface area contributed by atoms with Gasteiger partial charge < -0.3 is 5.73 Å². The maximum atomic E-state index is 8.90. The van der Waals surface area contributed by atoms with Gasteiger partial charge in [-0.2, -0.15) is 0 Å². The lowest BCUT2D eigenvalue weighted by Gasteiger charge is -2.38. The first-order valence-electron chi connectivity index (χ1n) is 12.2. The number of nitrogens with zero attached hydrogens (tertiary/aromatic N) is 2. The molecule has 0 atom stereocenters. The molecule has 0 amide bonds. The van der Waals surface area contributed by atoms with Gasteiger partial charge in [0.15, 0.2) is 0 Å². The zero-order chi connectivity index (χ0) is 24.7. The van der Waals surface area contributed by atoms with Crippen molar-refractivity contribution in [2.45, 2.75) is 24.8 Å². The Hall–Kier alpha value is -4.35. The van der Waals surface area contributed by atoms with Crippen LogP contribution in [0.15, 0.2) is 103 Å². The van der Waals surface area contributed by atoms with Crippen molar-refractivity contribution in [2.75, 3.05) is 0 Å². The average molecular weight is 470 g/mol. The van der Waals surface area contributed by atoms with Crippen molar-refractivity contribution in [2.24, 2.45) is 5.73 Å². The zero-order valence-corrected chi connectivity index (χ0v) is 19.9. The second kappa shape index (κ2) is 8.70. The van der Waals surface area contributed by atoms with Crippen molar-refractivity contribution in [3.8, 4) is 22.4 Å². The average Bonchev–Trinajstić information content (AvgIpc) is 2.92. The molecule has 0 unspecified atom stereocenters. The first-order valence-corrected chi connectivity index (χ1v) is 12.2. The minimum absolute atomic E-state index is 0.203. The van der Waals surface area contributed by atoms with Gasteiger partial charge in [-0.15, -0.1) is 0 Å². The molecule has 1 saturated carbocycles. The van der Waals surface area contributed by atoms with Gasteiger partial charge >= 0.3 is 0 Å². The zero-order valence-electron chi connectivity index (χ0n) is 19.9. The molecule has 36 heavy (non-hydrogen) atoms. The Morgan fingerprint density at radius 1 is 0.806 bits per heavy atom. The van der Waals surface area contributed by atoms with Gasteiger partial charge in [0, 0.05) is 22.2 Å². The van der Waals surface area contributed by atoms with Crippen molar-refractivity contribution in [3.63, 3.8) is 0 Å². The molecule has 2 aromatic heterocycles. The van der Waals surface area contributed by atoms with Crippen LogP contribution in [0.2, 0.25) is 0 Å². The van der Waals surface area contributed by atoms with Crippen LogP contribution in [0.4, 0.5) is 0 Å². The van der Waals surface area contributed by atoms with Crippen molar-refractivity contribution in [3.05, 3.63) is 120 Å². The van der Waals surface area contributed by atoms with E-state index in [4.69, 9.17) is 21.5 Å². The minimum atomic E-state index is -0.203. The van der Waals surface area contributed by atoms with Gasteiger partial charge in [0.2, 0.25) is 0 Å². The molecule has 6 rings (SSSR count). The third-order valence-electron chi connectivity index (χ3n) is 7.25. The Morgan fingerprint density at radius 2 is 1.47 bits per heavy atom. The summed E-state index contributed by atoms with van der Waals surface area (Å²) in [5, 5.41) is 17.5. The smallest absolute Gasteiger partial charge is 0.138 e. The Balaban J connectivity index is 1.56. The van der Waals surface area contributed by atoms with Gasteiger partial charge in [-0.1, -0.05) is 84.9 Å². The second-order valence-corrected chi connectivity index (χ2v) is 9.51. The van der Waals surface area contributed by atoms with Crippen LogP contribution in [-0.2, 0) is 5.54 Å². The summed E-state index contributed by atoms with van der Waals surface area (Å²) in [4.78, 5) is 5.09. The highest BCUT2D eigenvalue weighted by Crippen LogP contribution is 2.40. The van der Waals surface area contributed by atoms with E-state index in [2.05, 4.69) is 42.5 Å². The second-order valence-electron chi connectivity index (χ2n) is 9.51. The van der Waals surface area contributed by atoms with Crippen molar-refractivity contribution in [1.82, 2.24) is 9.55 Å². The number of hydrogen-bond donors (Lipinski definition) is 3. The Morgan fingerprint density at radius 3 is 2.11 bits per heavy atom. The molecule has 1 aliphatic carbocycles. The van der Waals surface area contributed by atoms with Gasteiger partial charge in [-0.25, -0.2) is 4.98 Å². The van der Waals surface area contributed by atoms with Crippen LogP contribution in [0.5, 0.6) is 0 Å². The molecule has 2 heterocycles. The standard InChI is InChI=1S/C31H27N5/c32-28-17-16-26-27(36(28)30(33)23-10-5-2-6-11-23)20-25(21-8-3-1-4-9-21)29(35-26)22-12-14-24(15-13-22)31(34)18-7-19-31/h1-6,8-17,20,32-33H,7,18-19,34H2. The Bertz CT molecular complexity index is 1630. The summed E-state index contributed by atoms with van der Waals surface area (Å²) in [5.74, 6) is 0.248. The van der Waals surface area contributed by atoms with Crippen LogP contribution in [0.1, 0.15) is 30.4 Å². The van der Waals surface area contributed by atoms with Gasteiger partial charge in [0.25, 0.3) is 0 Å². The van der Waals surface area contributed by atoms with Crippen molar-refractivity contribution < 1.29 is 0 Å². The quantitative estimate of drug-likeness (QED) is 0.220. The van der Waals surface area contributed by atoms with Crippen LogP contribution in [0.3, 0.4) is 0 Å². The van der Waals surface area contributed by atoms with Crippen LogP contribution in [-0.4, -0.2) is 15.4 Å². The van der Waals surface area contributed by atoms with E-state index >= 15 is 0 Å². The summed E-state index contributed by atoms with van der Waals surface area (Å²) in [7, 11) is 0. The third-order valence-corrected chi connectivity index (χ3v) is 7.25. The van der Waals surface area contributed by atoms with E-state index in [1.54, 1.807) is 10.6 Å². The molecule has 0 spiro atoms. The lowest BCUT2D eigenvalue weighted by atomic mass is 9.72. The molecule has 1 aliphatic rings. The van der Waals surface area contributed by atoms with Crippen LogP contribution >= 0.6 is 0 Å². The van der Waals surface area contributed by atoms with E-state index in [0.717, 1.165) is 51.8 Å². The summed E-state index contributed by atoms with van der Waals surface area (Å²) in [6, 6.07) is 33.8. The number of nitrogens with two attached hydrogens (primary N) is 1. The Kier molecular flexibility index (Phi) is 5.35. The van der Waals surface area contributed by atoms with E-state index < -0.39 is 0 Å². The molecule has 5 nitrogen and oxygen atoms in total. The number of nitrogens with one attached hydrogen (secondary N) is 2. The minimum Gasteiger partial charge on any atom is -0.321 e. The molecule has 0 saturated heterocycles. The maximum absolute atomic E-state index is 8.90. The fourth-order valence-corrected chi connectivity index (χ4v) is 5.01. The van der Waals surface area contributed by atoms with E-state index in [0.29, 0.717) is 0 Å². The third kappa shape index (κ3) is 3.74. The number of rotatable bonds is 4. The maximum Gasteiger partial charge on any atom is 0.138 e. The number of aromatic nitrogens is 2. The molecule has 4 N–H and O–H groups in total. The molecule has 1 fully saturated rings. The van der Waals surface area contributed by atoms with Crippen LogP contribution in [0, 0.1) is 10.8 Å². The Labute approximate surface area is 209 Å². The molecular formula is C31H27N5. The summed E-state index contributed by atoms with van der Waals surface area (Å²) in [6.45, 7) is 0. The predicted octanol–water partition coefficient (Wildman–Crippen LogP) is 6.06. The molecule has 5 heteroatoms. The van der Waals surface area contributed by atoms with Crippen molar-refractivity contribution >= 4 is 16.9 Å². The molecule has 176 valence electrons. The summed E-state index contributed by atoms with van der Waals surface area (Å²) >= 11 is 0. The highest BCUT2D eigenvalue weighted by Gasteiger charge is 2.34. The van der Waals surface area contributed by atoms with Gasteiger partial charge in [-0.3, -0.25) is 15.4 Å². The molecule has 3 aromatic carbocycles.